The van der Waals surface area contributed by atoms with Crippen molar-refractivity contribution >= 4 is 140 Å². The number of aliphatic hydroxyl groups is 1. The molecule has 2 saturated heterocycles. The molecule has 5 heterocycles. The number of hydrogen-bond donors (Lipinski definition) is 16. The van der Waals surface area contributed by atoms with Crippen molar-refractivity contribution in [1.82, 2.24) is 87.0 Å². The molecule has 722 valence electrons. The number of aliphatic hydroxyl groups excluding tert-OH is 1. The molecular formula is C93H131N21O18S. The zero-order valence-corrected chi connectivity index (χ0v) is 78.2. The summed E-state index contributed by atoms with van der Waals surface area (Å²) in [5.41, 5.74) is 20.3. The fourth-order valence-electron chi connectivity index (χ4n) is 16.6. The number of hydrogen-bond acceptors (Lipinski definition) is 21. The molecule has 14 atom stereocenters. The van der Waals surface area contributed by atoms with Crippen LogP contribution in [0.4, 0.5) is 0 Å². The number of para-hydroxylation sites is 2. The fraction of sp³-hybridized carbons (Fsp3) is 0.538. The second kappa shape index (κ2) is 51.2. The fourth-order valence-corrected chi connectivity index (χ4v) is 17.5. The van der Waals surface area contributed by atoms with Gasteiger partial charge in [-0.05, 0) is 93.5 Å². The zero-order valence-electron chi connectivity index (χ0n) is 77.4. The molecule has 3 aromatic carbocycles. The minimum absolute atomic E-state index is 0.000899. The highest BCUT2D eigenvalue weighted by atomic mass is 32.2. The van der Waals surface area contributed by atoms with Crippen molar-refractivity contribution in [3.05, 3.63) is 126 Å². The lowest BCUT2D eigenvalue weighted by Crippen LogP contribution is -2.61. The second-order valence-corrected chi connectivity index (χ2v) is 35.9. The quantitative estimate of drug-likeness (QED) is 0.0198. The summed E-state index contributed by atoms with van der Waals surface area (Å²) in [6.07, 6.45) is 4.89. The Balaban J connectivity index is 1.19. The number of likely N-dealkylation sites (N-methyl/N-ethyl adjacent to an activating group) is 4. The van der Waals surface area contributed by atoms with E-state index in [1.807, 2.05) is 13.8 Å². The topological polar surface area (TPSA) is 585 Å². The predicted octanol–water partition coefficient (Wildman–Crippen LogP) is 1.66. The predicted molar refractivity (Wildman–Crippen MR) is 498 cm³/mol. The molecule has 2 aliphatic rings. The van der Waals surface area contributed by atoms with Gasteiger partial charge in [0, 0.05) is 150 Å². The lowest BCUT2D eigenvalue weighted by molar-refractivity contribution is -0.149. The van der Waals surface area contributed by atoms with E-state index >= 15 is 38.4 Å². The summed E-state index contributed by atoms with van der Waals surface area (Å²) < 4.78 is 0. The Morgan fingerprint density at radius 2 is 1.07 bits per heavy atom. The molecule has 1 unspecified atom stereocenters. The van der Waals surface area contributed by atoms with E-state index in [0.717, 1.165) is 21.6 Å². The van der Waals surface area contributed by atoms with Crippen molar-refractivity contribution in [3.63, 3.8) is 0 Å². The monoisotopic (exact) mass is 1860 g/mol. The van der Waals surface area contributed by atoms with Crippen LogP contribution in [0.2, 0.25) is 0 Å². The number of imidazole rings is 1. The van der Waals surface area contributed by atoms with Gasteiger partial charge < -0.3 is 104 Å². The number of guanidine groups is 1. The standard InChI is InChI=1S/C93H131N21O18S/c1-11-13-31-73-77(117)43-57(26-22-36-99-93(96)97)84(124)109-72(76(116)34-35-79(94)119)50-133-51-81(121)103-68(39-56-24-16-15-17-25-56)89(129)111(8)55(6)83(123)105-70(45-80(95)120)91(131)114-37-23-33-74(114)78(118)44-58(40-61-48-98-52-102-61)85(125)106-67(38-53(3)4)88(128)110(7)54(5)82(122)104-66(41-59-46-100-64-29-20-18-27-62(59)64)86(126)108-71(49-115)87(127)107-69(42-60-47-101-65-30-21-19-28-63(60)65)90(130)113(10)75(32-14-12-2)92(132)112(73)9/h15-21,24-25,27-30,46-48,52-55,57-58,66-75,100-101,115H,11-14,22-23,26,31-45,49-51H2,1-10H3,(H2,94,119)(H2,95,120)(H,98,102)(H,103,121)(H,104,122)(H,105,123)(H,106,125)(H,107,127)(H,108,126)(H,109,124)(H4,96,97,99)/t54-,55+,57-,58-,66+,67+,68+,69+,70+,71+,72+,73+,74?,75+/m1/s1. The number of aromatic amines is 3. The van der Waals surface area contributed by atoms with E-state index in [1.54, 1.807) is 105 Å². The normalized spacial score (nSPS) is 24.1. The SMILES string of the molecule is CCCC[C@H]1C(=O)N(C)[C@@H](CCCC)C(=O)C[C@@H](CCCNC(=N)N)C(=O)N[C@H](C(=O)CCC(N)=O)CSCC(=O)N[C@@H](Cc2ccccc2)C(=O)N(C)[C@@H](C)C(=O)N[C@@H](CC(N)=O)C(=O)N2CCCC2C(=O)C[C@@H](Cc2cnc[nH]2)C(=O)N[C@@H](CC(C)C)C(=O)N(C)[C@H](C)C(=O)N[C@@H](Cc2c[nH]c3ccccc23)C(=O)N[C@@H](CO)C(=O)N[C@@H](Cc2c[nH]c3ccccc23)C(=O)N1C. The molecule has 3 aromatic heterocycles. The van der Waals surface area contributed by atoms with Crippen LogP contribution in [-0.4, -0.2) is 287 Å². The van der Waals surface area contributed by atoms with E-state index < -0.39 is 229 Å². The van der Waals surface area contributed by atoms with E-state index in [0.29, 0.717) is 69.9 Å². The van der Waals surface area contributed by atoms with Gasteiger partial charge >= 0.3 is 0 Å². The number of unbranched alkanes of at least 4 members (excludes halogenated alkanes) is 2. The number of ketones is 3. The van der Waals surface area contributed by atoms with Gasteiger partial charge in [0.1, 0.15) is 54.4 Å². The number of carbonyl (C=O) groups excluding carboxylic acids is 17. The number of nitrogens with one attached hydrogen (secondary N) is 12. The van der Waals surface area contributed by atoms with Gasteiger partial charge in [0.2, 0.25) is 82.7 Å². The Bertz CT molecular complexity index is 5080. The third kappa shape index (κ3) is 30.3. The van der Waals surface area contributed by atoms with Crippen LogP contribution in [0.1, 0.15) is 167 Å². The third-order valence-electron chi connectivity index (χ3n) is 24.5. The van der Waals surface area contributed by atoms with E-state index in [9.17, 15) is 48.3 Å². The van der Waals surface area contributed by atoms with Gasteiger partial charge in [-0.2, -0.15) is 0 Å². The summed E-state index contributed by atoms with van der Waals surface area (Å²) in [6, 6.07) is 5.24. The molecule has 133 heavy (non-hydrogen) atoms. The number of Topliss-reactive ketones (excluding diaryl/α,β-unsaturated/α-hetero) is 3. The van der Waals surface area contributed by atoms with E-state index in [4.69, 9.17) is 22.6 Å². The van der Waals surface area contributed by atoms with Crippen molar-refractivity contribution in [3.8, 4) is 0 Å². The maximum atomic E-state index is 15.7. The van der Waals surface area contributed by atoms with Crippen LogP contribution in [0.3, 0.4) is 0 Å². The molecule has 14 amide bonds. The lowest BCUT2D eigenvalue weighted by Gasteiger charge is -2.36. The molecule has 0 bridgehead atoms. The van der Waals surface area contributed by atoms with Gasteiger partial charge in [-0.15, -0.1) is 11.8 Å². The van der Waals surface area contributed by atoms with Gasteiger partial charge in [-0.3, -0.25) is 86.9 Å². The van der Waals surface area contributed by atoms with E-state index in [1.165, 1.54) is 69.3 Å². The second-order valence-electron chi connectivity index (χ2n) is 34.9. The summed E-state index contributed by atoms with van der Waals surface area (Å²) in [5.74, 6) is -17.9. The molecule has 0 saturated carbocycles. The maximum Gasteiger partial charge on any atom is 0.246 e. The minimum atomic E-state index is -1.84. The number of rotatable bonds is 27. The van der Waals surface area contributed by atoms with Gasteiger partial charge in [-0.25, -0.2) is 4.98 Å². The highest BCUT2D eigenvalue weighted by Crippen LogP contribution is 2.29. The van der Waals surface area contributed by atoms with E-state index in [2.05, 4.69) is 62.5 Å². The molecule has 40 heteroatoms. The van der Waals surface area contributed by atoms with Crippen molar-refractivity contribution in [2.75, 3.05) is 59.4 Å². The number of nitrogens with two attached hydrogens (primary N) is 3. The number of benzene rings is 3. The number of primary amides is 2. The molecule has 2 fully saturated rings. The smallest absolute Gasteiger partial charge is 0.246 e. The summed E-state index contributed by atoms with van der Waals surface area (Å²) in [5, 5.41) is 42.1. The van der Waals surface area contributed by atoms with Crippen LogP contribution in [0, 0.1) is 23.2 Å². The number of aromatic nitrogens is 4. The summed E-state index contributed by atoms with van der Waals surface area (Å²) >= 11 is 0.859. The van der Waals surface area contributed by atoms with Gasteiger partial charge in [-0.1, -0.05) is 120 Å². The average Bonchev–Trinajstić information content (AvgIpc) is 1.78. The largest absolute Gasteiger partial charge is 0.394 e. The van der Waals surface area contributed by atoms with Gasteiger partial charge in [0.15, 0.2) is 23.3 Å². The summed E-state index contributed by atoms with van der Waals surface area (Å²) in [7, 11) is 5.38. The van der Waals surface area contributed by atoms with Crippen molar-refractivity contribution in [2.45, 2.75) is 242 Å². The van der Waals surface area contributed by atoms with Crippen LogP contribution in [0.5, 0.6) is 0 Å². The van der Waals surface area contributed by atoms with Crippen LogP contribution in [0.15, 0.2) is 104 Å². The first-order chi connectivity index (χ1) is 63.3. The zero-order chi connectivity index (χ0) is 97.4. The summed E-state index contributed by atoms with van der Waals surface area (Å²) in [6.45, 7) is 8.98. The highest BCUT2D eigenvalue weighted by Gasteiger charge is 2.45. The summed E-state index contributed by atoms with van der Waals surface area (Å²) in [4.78, 5) is 269. The van der Waals surface area contributed by atoms with E-state index in [-0.39, 0.29) is 101 Å². The third-order valence-corrected chi connectivity index (χ3v) is 25.6. The number of fused-ring (bicyclic) bond motifs is 3. The average molecular weight is 1860 g/mol. The number of amides is 14. The number of carbonyl (C=O) groups is 17. The van der Waals surface area contributed by atoms with Gasteiger partial charge in [0.05, 0.1) is 49.2 Å². The molecule has 0 radical (unpaired) electrons. The maximum absolute atomic E-state index is 15.7. The van der Waals surface area contributed by atoms with Crippen LogP contribution < -0.4 is 59.7 Å². The first kappa shape index (κ1) is 105. The first-order valence-electron chi connectivity index (χ1n) is 45.4. The first-order valence-corrected chi connectivity index (χ1v) is 46.5. The molecule has 2 aliphatic heterocycles. The Morgan fingerprint density at radius 1 is 0.541 bits per heavy atom. The van der Waals surface area contributed by atoms with Crippen molar-refractivity contribution in [1.29, 1.82) is 5.41 Å². The van der Waals surface area contributed by atoms with Crippen LogP contribution >= 0.6 is 11.8 Å². The van der Waals surface area contributed by atoms with Crippen molar-refractivity contribution < 1.29 is 86.6 Å². The molecular weight excluding hydrogens is 1730 g/mol. The Hall–Kier alpha value is -12.9. The number of nitrogens with zero attached hydrogens (tertiary/aromatic N) is 6. The number of thioether (sulfide) groups is 1. The molecule has 39 nitrogen and oxygen atoms in total. The lowest BCUT2D eigenvalue weighted by atomic mass is 9.90. The Kier molecular flexibility index (Phi) is 40.6. The minimum Gasteiger partial charge on any atom is -0.394 e. The molecule has 8 rings (SSSR count). The van der Waals surface area contributed by atoms with Gasteiger partial charge in [0.25, 0.3) is 0 Å². The van der Waals surface area contributed by atoms with Crippen LogP contribution in [-0.2, 0) is 107 Å². The molecule has 6 aromatic rings. The molecule has 19 N–H and O–H groups in total. The highest BCUT2D eigenvalue weighted by molar-refractivity contribution is 8.00. The molecule has 0 aliphatic carbocycles. The Labute approximate surface area is 777 Å². The Morgan fingerprint density at radius 3 is 1.65 bits per heavy atom. The molecule has 0 spiro atoms. The van der Waals surface area contributed by atoms with Crippen LogP contribution in [0.25, 0.3) is 21.8 Å². The number of H-pyrrole nitrogens is 3. The van der Waals surface area contributed by atoms with Crippen molar-refractivity contribution in [2.24, 2.45) is 35.0 Å².